The highest BCUT2D eigenvalue weighted by Crippen LogP contribution is 2.26. The third kappa shape index (κ3) is 3.55. The van der Waals surface area contributed by atoms with Crippen molar-refractivity contribution in [1.29, 1.82) is 0 Å². The normalized spacial score (nSPS) is 11.1. The van der Waals surface area contributed by atoms with Gasteiger partial charge in [0, 0.05) is 11.3 Å². The van der Waals surface area contributed by atoms with Crippen LogP contribution in [0, 0.1) is 0 Å². The van der Waals surface area contributed by atoms with E-state index in [9.17, 15) is 9.90 Å². The molecule has 112 valence electrons. The van der Waals surface area contributed by atoms with Crippen molar-refractivity contribution in [3.63, 3.8) is 0 Å². The Labute approximate surface area is 127 Å². The molecule has 0 saturated carbocycles. The van der Waals surface area contributed by atoms with Crippen LogP contribution >= 0.6 is 11.3 Å². The van der Waals surface area contributed by atoms with Gasteiger partial charge in [0.1, 0.15) is 5.82 Å². The smallest absolute Gasteiger partial charge is 0.356 e. The van der Waals surface area contributed by atoms with Gasteiger partial charge in [-0.3, -0.25) is 0 Å². The molecule has 21 heavy (non-hydrogen) atoms. The molecule has 2 rings (SSSR count). The Kier molecular flexibility index (Phi) is 4.52. The van der Waals surface area contributed by atoms with E-state index in [1.807, 2.05) is 19.2 Å². The Morgan fingerprint density at radius 3 is 2.48 bits per heavy atom. The predicted molar refractivity (Wildman–Crippen MR) is 82.6 cm³/mol. The third-order valence-corrected chi connectivity index (χ3v) is 3.66. The minimum absolute atomic E-state index is 0.0324. The number of carbonyl (C=O) groups is 1. The molecule has 0 aromatic carbocycles. The summed E-state index contributed by atoms with van der Waals surface area (Å²) in [7, 11) is 0. The van der Waals surface area contributed by atoms with Crippen LogP contribution < -0.4 is 5.32 Å². The molecule has 7 heteroatoms. The van der Waals surface area contributed by atoms with Gasteiger partial charge in [-0.2, -0.15) is 0 Å². The quantitative estimate of drug-likeness (QED) is 0.877. The molecule has 0 fully saturated rings. The molecule has 0 saturated heterocycles. The Morgan fingerprint density at radius 2 is 1.95 bits per heavy atom. The minimum atomic E-state index is -1.08. The monoisotopic (exact) mass is 306 g/mol. The first kappa shape index (κ1) is 15.4. The lowest BCUT2D eigenvalue weighted by atomic mass is 10.2. The van der Waals surface area contributed by atoms with Crippen molar-refractivity contribution >= 4 is 28.1 Å². The van der Waals surface area contributed by atoms with Crippen molar-refractivity contribution < 1.29 is 9.90 Å². The van der Waals surface area contributed by atoms with Crippen LogP contribution in [0.2, 0.25) is 0 Å². The Hall–Kier alpha value is -2.02. The van der Waals surface area contributed by atoms with Gasteiger partial charge in [0.2, 0.25) is 0 Å². The molecule has 2 N–H and O–H groups in total. The van der Waals surface area contributed by atoms with Crippen LogP contribution in [0.1, 0.15) is 61.5 Å². The maximum atomic E-state index is 11.4. The molecule has 6 nitrogen and oxygen atoms in total. The van der Waals surface area contributed by atoms with E-state index in [-0.39, 0.29) is 11.6 Å². The minimum Gasteiger partial charge on any atom is -0.476 e. The maximum absolute atomic E-state index is 11.4. The van der Waals surface area contributed by atoms with Gasteiger partial charge in [-0.1, -0.05) is 27.7 Å². The van der Waals surface area contributed by atoms with Gasteiger partial charge in [0.05, 0.1) is 17.6 Å². The van der Waals surface area contributed by atoms with E-state index < -0.39 is 5.97 Å². The molecule has 0 aliphatic heterocycles. The highest BCUT2D eigenvalue weighted by molar-refractivity contribution is 7.13. The van der Waals surface area contributed by atoms with Gasteiger partial charge < -0.3 is 10.4 Å². The van der Waals surface area contributed by atoms with Crippen LogP contribution in [0.4, 0.5) is 10.8 Å². The summed E-state index contributed by atoms with van der Waals surface area (Å²) in [6.45, 7) is 7.96. The number of rotatable bonds is 5. The number of carboxylic acids is 1. The van der Waals surface area contributed by atoms with Crippen molar-refractivity contribution in [1.82, 2.24) is 15.0 Å². The topological polar surface area (TPSA) is 88.0 Å². The average molecular weight is 306 g/mol. The van der Waals surface area contributed by atoms with Crippen LogP contribution in [0.5, 0.6) is 0 Å². The summed E-state index contributed by atoms with van der Waals surface area (Å²) in [5, 5.41) is 14.9. The van der Waals surface area contributed by atoms with Gasteiger partial charge in [-0.25, -0.2) is 19.7 Å². The summed E-state index contributed by atoms with van der Waals surface area (Å²) in [6, 6.07) is 0. The summed E-state index contributed by atoms with van der Waals surface area (Å²) in [5.74, 6) is -0.165. The van der Waals surface area contributed by atoms with Gasteiger partial charge in [-0.05, 0) is 5.92 Å². The second kappa shape index (κ2) is 6.17. The number of thiazole rings is 1. The number of carboxylic acid groups (broad SMARTS) is 1. The number of aromatic carboxylic acids is 1. The SMILES string of the molecule is CC(C)c1csc(Nc2cnc(C(C)C)nc2C(=O)O)n1. The largest absolute Gasteiger partial charge is 0.476 e. The van der Waals surface area contributed by atoms with E-state index in [0.717, 1.165) is 5.69 Å². The predicted octanol–water partition coefficient (Wildman–Crippen LogP) is 3.62. The molecule has 2 aromatic heterocycles. The fourth-order valence-corrected chi connectivity index (χ4v) is 2.54. The van der Waals surface area contributed by atoms with E-state index in [1.54, 1.807) is 0 Å². The van der Waals surface area contributed by atoms with Crippen molar-refractivity contribution in [2.75, 3.05) is 5.32 Å². The van der Waals surface area contributed by atoms with Crippen LogP contribution in [0.3, 0.4) is 0 Å². The number of hydrogen-bond acceptors (Lipinski definition) is 6. The molecule has 0 aliphatic carbocycles. The summed E-state index contributed by atoms with van der Waals surface area (Å²) in [6.07, 6.45) is 1.50. The van der Waals surface area contributed by atoms with Crippen LogP contribution in [-0.4, -0.2) is 26.0 Å². The molecule has 2 heterocycles. The summed E-state index contributed by atoms with van der Waals surface area (Å²) < 4.78 is 0. The zero-order valence-corrected chi connectivity index (χ0v) is 13.2. The van der Waals surface area contributed by atoms with Crippen LogP contribution in [0.15, 0.2) is 11.6 Å². The first-order valence-electron chi connectivity index (χ1n) is 6.71. The van der Waals surface area contributed by atoms with Gasteiger partial charge in [0.25, 0.3) is 0 Å². The van der Waals surface area contributed by atoms with E-state index in [1.165, 1.54) is 17.5 Å². The molecule has 2 aromatic rings. The van der Waals surface area contributed by atoms with Gasteiger partial charge in [-0.15, -0.1) is 11.3 Å². The molecule has 0 bridgehead atoms. The summed E-state index contributed by atoms with van der Waals surface area (Å²) >= 11 is 1.43. The molecular formula is C14H18N4O2S. The van der Waals surface area contributed by atoms with Crippen molar-refractivity contribution in [2.45, 2.75) is 39.5 Å². The first-order valence-corrected chi connectivity index (χ1v) is 7.59. The zero-order valence-electron chi connectivity index (χ0n) is 12.4. The molecule has 0 radical (unpaired) electrons. The highest BCUT2D eigenvalue weighted by atomic mass is 32.1. The van der Waals surface area contributed by atoms with Crippen LogP contribution in [-0.2, 0) is 0 Å². The Bertz CT molecular complexity index is 652. The van der Waals surface area contributed by atoms with Gasteiger partial charge in [0.15, 0.2) is 10.8 Å². The Morgan fingerprint density at radius 1 is 1.24 bits per heavy atom. The average Bonchev–Trinajstić information content (AvgIpc) is 2.87. The molecule has 0 unspecified atom stereocenters. The highest BCUT2D eigenvalue weighted by Gasteiger charge is 2.17. The van der Waals surface area contributed by atoms with Gasteiger partial charge >= 0.3 is 5.97 Å². The molecule has 0 spiro atoms. The summed E-state index contributed by atoms with van der Waals surface area (Å²) in [5.41, 5.74) is 1.30. The number of nitrogens with zero attached hydrogens (tertiary/aromatic N) is 3. The molecular weight excluding hydrogens is 288 g/mol. The third-order valence-electron chi connectivity index (χ3n) is 2.88. The lowest BCUT2D eigenvalue weighted by Crippen LogP contribution is -2.10. The fourth-order valence-electron chi connectivity index (χ4n) is 1.65. The molecule has 0 amide bonds. The maximum Gasteiger partial charge on any atom is 0.356 e. The molecule has 0 aliphatic rings. The fraction of sp³-hybridized carbons (Fsp3) is 0.429. The lowest BCUT2D eigenvalue weighted by Gasteiger charge is -2.09. The standard InChI is InChI=1S/C14H18N4O2S/c1-7(2)10-6-21-14(17-10)16-9-5-15-12(8(3)4)18-11(9)13(19)20/h5-8H,1-4H3,(H,16,17)(H,19,20). The Balaban J connectivity index is 2.32. The first-order chi connectivity index (χ1) is 9.88. The number of aromatic nitrogens is 3. The lowest BCUT2D eigenvalue weighted by molar-refractivity contribution is 0.0691. The van der Waals surface area contributed by atoms with E-state index in [4.69, 9.17) is 0 Å². The zero-order chi connectivity index (χ0) is 15.6. The second-order valence-corrected chi connectivity index (χ2v) is 6.17. The second-order valence-electron chi connectivity index (χ2n) is 5.31. The van der Waals surface area contributed by atoms with Crippen molar-refractivity contribution in [2.24, 2.45) is 0 Å². The van der Waals surface area contributed by atoms with E-state index in [0.29, 0.717) is 22.6 Å². The van der Waals surface area contributed by atoms with E-state index in [2.05, 4.69) is 34.1 Å². The van der Waals surface area contributed by atoms with Crippen LogP contribution in [0.25, 0.3) is 0 Å². The van der Waals surface area contributed by atoms with E-state index >= 15 is 0 Å². The van der Waals surface area contributed by atoms with Crippen molar-refractivity contribution in [3.05, 3.63) is 28.8 Å². The summed E-state index contributed by atoms with van der Waals surface area (Å²) in [4.78, 5) is 24.1. The number of nitrogens with one attached hydrogen (secondary N) is 1. The number of hydrogen-bond donors (Lipinski definition) is 2. The van der Waals surface area contributed by atoms with Crippen molar-refractivity contribution in [3.8, 4) is 0 Å². The molecule has 0 atom stereocenters. The number of anilines is 2.